The summed E-state index contributed by atoms with van der Waals surface area (Å²) in [5, 5.41) is 5.08. The standard InChI is InChI=1S/C15H22N4S.Cu/c1-12-8-7-9-14(16-12)13(2)17-18-15(20)19-10-5-3-4-6-11-19;/h7-9H,3-6,10-11H2,1-2H3,(H,18,20);/q;+2. The molecule has 0 aliphatic carbocycles. The summed E-state index contributed by atoms with van der Waals surface area (Å²) in [6.07, 6.45) is 5.02. The van der Waals surface area contributed by atoms with Crippen molar-refractivity contribution >= 4 is 23.0 Å². The maximum Gasteiger partial charge on any atom is 2.00 e. The Bertz CT molecular complexity index is 496. The molecule has 0 amide bonds. The number of rotatable bonds is 2. The molecule has 0 unspecified atom stereocenters. The molecule has 1 radical (unpaired) electrons. The zero-order valence-corrected chi connectivity index (χ0v) is 14.3. The molecule has 21 heavy (non-hydrogen) atoms. The molecule has 1 aromatic heterocycles. The van der Waals surface area contributed by atoms with E-state index >= 15 is 0 Å². The zero-order valence-electron chi connectivity index (χ0n) is 12.5. The van der Waals surface area contributed by atoms with Crippen molar-refractivity contribution in [2.45, 2.75) is 39.5 Å². The quantitative estimate of drug-likeness (QED) is 0.384. The summed E-state index contributed by atoms with van der Waals surface area (Å²) < 4.78 is 0. The van der Waals surface area contributed by atoms with Crippen molar-refractivity contribution in [3.63, 3.8) is 0 Å². The van der Waals surface area contributed by atoms with Crippen LogP contribution in [0.3, 0.4) is 0 Å². The van der Waals surface area contributed by atoms with Crippen LogP contribution in [-0.4, -0.2) is 33.8 Å². The number of aryl methyl sites for hydroxylation is 1. The van der Waals surface area contributed by atoms with Crippen molar-refractivity contribution in [1.29, 1.82) is 0 Å². The molecule has 1 saturated heterocycles. The second-order valence-electron chi connectivity index (χ2n) is 5.18. The number of aromatic nitrogens is 1. The molecule has 0 atom stereocenters. The number of hydrogen-bond donors (Lipinski definition) is 1. The van der Waals surface area contributed by atoms with Gasteiger partial charge in [0.2, 0.25) is 0 Å². The fourth-order valence-corrected chi connectivity index (χ4v) is 2.51. The van der Waals surface area contributed by atoms with Crippen molar-refractivity contribution < 1.29 is 17.1 Å². The van der Waals surface area contributed by atoms with E-state index in [9.17, 15) is 0 Å². The average Bonchev–Trinajstić information content (AvgIpc) is 2.73. The van der Waals surface area contributed by atoms with Gasteiger partial charge in [-0.05, 0) is 51.0 Å². The van der Waals surface area contributed by atoms with Gasteiger partial charge in [-0.25, -0.2) is 0 Å². The molecule has 117 valence electrons. The second kappa shape index (κ2) is 9.13. The van der Waals surface area contributed by atoms with Gasteiger partial charge in [0.15, 0.2) is 5.11 Å². The van der Waals surface area contributed by atoms with E-state index in [-0.39, 0.29) is 17.1 Å². The average molecular weight is 354 g/mol. The summed E-state index contributed by atoms with van der Waals surface area (Å²) in [4.78, 5) is 6.66. The third kappa shape index (κ3) is 5.73. The number of hydrogen-bond acceptors (Lipinski definition) is 3. The molecule has 6 heteroatoms. The van der Waals surface area contributed by atoms with Crippen molar-refractivity contribution in [2.24, 2.45) is 5.10 Å². The van der Waals surface area contributed by atoms with Gasteiger partial charge in [-0.2, -0.15) is 5.10 Å². The number of thiocarbonyl (C=S) groups is 1. The van der Waals surface area contributed by atoms with Gasteiger partial charge < -0.3 is 4.90 Å². The first kappa shape index (κ1) is 18.1. The van der Waals surface area contributed by atoms with E-state index in [2.05, 4.69) is 20.4 Å². The van der Waals surface area contributed by atoms with Gasteiger partial charge in [0.25, 0.3) is 0 Å². The normalized spacial score (nSPS) is 15.9. The zero-order chi connectivity index (χ0) is 14.4. The minimum atomic E-state index is 0. The largest absolute Gasteiger partial charge is 2.00 e. The smallest absolute Gasteiger partial charge is 0.348 e. The predicted octanol–water partition coefficient (Wildman–Crippen LogP) is 2.86. The van der Waals surface area contributed by atoms with Crippen LogP contribution in [0.25, 0.3) is 0 Å². The predicted molar refractivity (Wildman–Crippen MR) is 87.0 cm³/mol. The SMILES string of the molecule is CC(=NNC(=S)N1CCCCCC1)c1cccc(C)n1.[Cu+2]. The molecule has 0 bridgehead atoms. The summed E-state index contributed by atoms with van der Waals surface area (Å²) in [6.45, 7) is 5.98. The molecular weight excluding hydrogens is 332 g/mol. The van der Waals surface area contributed by atoms with Gasteiger partial charge in [-0.15, -0.1) is 0 Å². The van der Waals surface area contributed by atoms with Crippen LogP contribution in [0.5, 0.6) is 0 Å². The Morgan fingerprint density at radius 2 is 1.90 bits per heavy atom. The molecule has 0 saturated carbocycles. The first-order valence-corrected chi connectivity index (χ1v) is 7.61. The number of pyridine rings is 1. The molecule has 0 aromatic carbocycles. The maximum absolute atomic E-state index is 5.42. The van der Waals surface area contributed by atoms with Crippen LogP contribution >= 0.6 is 12.2 Å². The van der Waals surface area contributed by atoms with Gasteiger partial charge in [0.1, 0.15) is 0 Å². The second-order valence-corrected chi connectivity index (χ2v) is 5.57. The number of nitrogens with zero attached hydrogens (tertiary/aromatic N) is 3. The van der Waals surface area contributed by atoms with Gasteiger partial charge >= 0.3 is 17.1 Å². The van der Waals surface area contributed by atoms with Gasteiger partial charge in [0.05, 0.1) is 11.4 Å². The van der Waals surface area contributed by atoms with Gasteiger partial charge in [0, 0.05) is 18.8 Å². The summed E-state index contributed by atoms with van der Waals surface area (Å²) in [6, 6.07) is 5.93. The first-order chi connectivity index (χ1) is 9.66. The molecular formula is C15H22CuN4S+2. The van der Waals surface area contributed by atoms with Crippen molar-refractivity contribution in [3.05, 3.63) is 29.6 Å². The summed E-state index contributed by atoms with van der Waals surface area (Å²) in [5.74, 6) is 0. The fourth-order valence-electron chi connectivity index (χ4n) is 2.28. The molecule has 0 spiro atoms. The summed E-state index contributed by atoms with van der Waals surface area (Å²) in [7, 11) is 0. The minimum absolute atomic E-state index is 0. The van der Waals surface area contributed by atoms with Gasteiger partial charge in [-0.1, -0.05) is 18.9 Å². The number of nitrogens with one attached hydrogen (secondary N) is 1. The molecule has 4 nitrogen and oxygen atoms in total. The van der Waals surface area contributed by atoms with Gasteiger partial charge in [-0.3, -0.25) is 10.4 Å². The monoisotopic (exact) mass is 353 g/mol. The van der Waals surface area contributed by atoms with Crippen LogP contribution in [0.2, 0.25) is 0 Å². The van der Waals surface area contributed by atoms with Crippen molar-refractivity contribution in [1.82, 2.24) is 15.3 Å². The van der Waals surface area contributed by atoms with E-state index in [1.54, 1.807) is 0 Å². The van der Waals surface area contributed by atoms with E-state index < -0.39 is 0 Å². The van der Waals surface area contributed by atoms with E-state index in [0.717, 1.165) is 35.3 Å². The minimum Gasteiger partial charge on any atom is -0.348 e. The topological polar surface area (TPSA) is 40.5 Å². The Morgan fingerprint density at radius 1 is 1.24 bits per heavy atom. The molecule has 1 aliphatic rings. The Hall–Kier alpha value is -0.971. The van der Waals surface area contributed by atoms with Crippen LogP contribution < -0.4 is 5.43 Å². The molecule has 1 fully saturated rings. The third-order valence-corrected chi connectivity index (χ3v) is 3.82. The molecule has 1 N–H and O–H groups in total. The van der Waals surface area contributed by atoms with E-state index in [0.29, 0.717) is 0 Å². The molecule has 1 aromatic rings. The van der Waals surface area contributed by atoms with Crippen LogP contribution in [0.4, 0.5) is 0 Å². The third-order valence-electron chi connectivity index (χ3n) is 3.47. The maximum atomic E-state index is 5.42. The van der Waals surface area contributed by atoms with Crippen LogP contribution in [0, 0.1) is 6.92 Å². The van der Waals surface area contributed by atoms with E-state index in [1.165, 1.54) is 25.7 Å². The van der Waals surface area contributed by atoms with Crippen molar-refractivity contribution in [3.8, 4) is 0 Å². The molecule has 2 heterocycles. The Morgan fingerprint density at radius 3 is 2.52 bits per heavy atom. The number of likely N-dealkylation sites (tertiary alicyclic amines) is 1. The number of hydrazone groups is 1. The van der Waals surface area contributed by atoms with E-state index in [4.69, 9.17) is 12.2 Å². The van der Waals surface area contributed by atoms with Crippen molar-refractivity contribution in [2.75, 3.05) is 13.1 Å². The Kier molecular flexibility index (Phi) is 7.86. The Balaban J connectivity index is 0.00000220. The fraction of sp³-hybridized carbons (Fsp3) is 0.533. The van der Waals surface area contributed by atoms with Crippen LogP contribution in [0.1, 0.15) is 44.0 Å². The molecule has 2 rings (SSSR count). The molecule has 1 aliphatic heterocycles. The van der Waals surface area contributed by atoms with E-state index in [1.807, 2.05) is 32.0 Å². The van der Waals surface area contributed by atoms with Crippen LogP contribution in [0.15, 0.2) is 23.3 Å². The van der Waals surface area contributed by atoms with Crippen LogP contribution in [-0.2, 0) is 17.1 Å². The summed E-state index contributed by atoms with van der Waals surface area (Å²) >= 11 is 5.42. The Labute approximate surface area is 142 Å². The first-order valence-electron chi connectivity index (χ1n) is 7.20. The summed E-state index contributed by atoms with van der Waals surface area (Å²) in [5.41, 5.74) is 5.73.